The van der Waals surface area contributed by atoms with E-state index >= 15 is 0 Å². The van der Waals surface area contributed by atoms with Gasteiger partial charge in [0, 0.05) is 102 Å². The lowest BCUT2D eigenvalue weighted by Crippen LogP contribution is -2.08. The van der Waals surface area contributed by atoms with E-state index in [-0.39, 0.29) is 97.9 Å². The second-order valence-corrected chi connectivity index (χ2v) is 50.3. The molecule has 0 saturated heterocycles. The molecule has 20 aromatic carbocycles. The molecule has 0 unspecified atom stereocenters. The number of fused-ring (bicyclic) bond motifs is 12. The quantitative estimate of drug-likeness (QED) is 0.0768. The van der Waals surface area contributed by atoms with E-state index in [9.17, 15) is 28.8 Å². The highest BCUT2D eigenvalue weighted by molar-refractivity contribution is 7.98. The lowest BCUT2D eigenvalue weighted by molar-refractivity contribution is 0.651. The SMILES string of the molecule is C[S+](C)c1ccc2oc3ccccc3c(=O)c2c1.C[S+](C)c1ccc2sc3ccccc3c(=O)c2c1.O=c1c2ccccc2oc2c([S+](c3ccccc3)c3ccccc3)cccc12.O=c1c2ccccc2oc2ccc([S+](c3ccccc3)c3ccccc3)cc12.O=c1c2ccccc2sc2c([S+](c3ccccc3)c3ccccc3)cccc12.O=c1c2ccccc2sc2ccc([S+](c3ccccc3)c3ccccc3)cc12. The average molecular weight is 2090 g/mol. The molecule has 0 bridgehead atoms. The molecule has 0 amide bonds. The third-order valence-corrected chi connectivity index (χ3v) is 40.0. The Morgan fingerprint density at radius 1 is 0.162 bits per heavy atom. The van der Waals surface area contributed by atoms with Gasteiger partial charge in [-0.2, -0.15) is 0 Å². The first-order chi connectivity index (χ1) is 72.6. The Morgan fingerprint density at radius 2 is 0.399 bits per heavy atom. The van der Waals surface area contributed by atoms with Gasteiger partial charge >= 0.3 is 0 Å². The summed E-state index contributed by atoms with van der Waals surface area (Å²) in [5, 5.41) is 8.72. The monoisotopic (exact) mass is 2090 g/mol. The number of hydrogen-bond acceptors (Lipinski definition) is 12. The van der Waals surface area contributed by atoms with E-state index in [1.54, 1.807) is 34.0 Å². The lowest BCUT2D eigenvalue weighted by atomic mass is 10.1. The van der Waals surface area contributed by atoms with Gasteiger partial charge < -0.3 is 13.3 Å². The number of hydrogen-bond donors (Lipinski definition) is 0. The molecule has 26 aromatic rings. The van der Waals surface area contributed by atoms with E-state index in [0.717, 1.165) is 70.3 Å². The summed E-state index contributed by atoms with van der Waals surface area (Å²) in [6.07, 6.45) is 8.64. The minimum absolute atomic E-state index is 0.0170. The van der Waals surface area contributed by atoms with Crippen molar-refractivity contribution in [2.45, 2.75) is 68.5 Å². The van der Waals surface area contributed by atoms with Gasteiger partial charge in [0.15, 0.2) is 85.5 Å². The van der Waals surface area contributed by atoms with Crippen LogP contribution in [0.3, 0.4) is 0 Å². The third kappa shape index (κ3) is 21.1. The van der Waals surface area contributed by atoms with Crippen molar-refractivity contribution in [1.29, 1.82) is 0 Å². The Kier molecular flexibility index (Phi) is 30.2. The summed E-state index contributed by atoms with van der Waals surface area (Å²) in [7, 11) is -0.851. The first-order valence-electron chi connectivity index (χ1n) is 47.9. The highest BCUT2D eigenvalue weighted by atomic mass is 32.2. The standard InChI is InChI=1S/2C25H17O2S.2C25H17OS2.C15H13O2S.C15H13OS2/c26-24-20-14-7-8-16-22(20)27-25-21(24)15-9-17-23(25)28(18-10-3-1-4-11-18)19-12-5-2-6-13-19;26-25-21-13-7-8-14-23(21)27-24-16-15-20(17-22(24)25)28(18-9-3-1-4-10-18)19-11-5-2-6-12-19;26-24-20-14-7-8-16-22(20)27-25-21(24)15-9-17-23(25)28(18-10-3-1-4-11-18)19-12-5-2-6-13-19;26-25-21-13-7-8-14-23(21)27-24-16-15-20(17-22(24)25)28(18-9-3-1-4-10-18)19-11-5-2-6-12-19;2*1-18(2)10-7-8-14-12(9-10)15(16)11-5-3-4-6-13(11)17-14/h4*1-17H;2*3-9H,1-2H3/q6*+1. The summed E-state index contributed by atoms with van der Waals surface area (Å²) in [6, 6.07) is 166. The summed E-state index contributed by atoms with van der Waals surface area (Å²) in [5.41, 5.74) is 4.33. The van der Waals surface area contributed by atoms with Gasteiger partial charge in [-0.15, -0.1) is 34.0 Å². The van der Waals surface area contributed by atoms with E-state index < -0.39 is 0 Å². The fraction of sp³-hybridized carbons (Fsp3) is 0.0308. The molecule has 716 valence electrons. The zero-order valence-corrected chi connectivity index (χ0v) is 88.0. The van der Waals surface area contributed by atoms with E-state index in [0.29, 0.717) is 65.8 Å². The van der Waals surface area contributed by atoms with E-state index in [2.05, 4.69) is 274 Å². The molecule has 6 aromatic heterocycles. The summed E-state index contributed by atoms with van der Waals surface area (Å²) in [4.78, 5) is 94.1. The fourth-order valence-corrected chi connectivity index (χ4v) is 31.4. The minimum atomic E-state index is -0.373. The van der Waals surface area contributed by atoms with Crippen LogP contribution in [0.1, 0.15) is 0 Å². The molecule has 0 atom stereocenters. The summed E-state index contributed by atoms with van der Waals surface area (Å²) in [5.74, 6) is 0. The highest BCUT2D eigenvalue weighted by Crippen LogP contribution is 2.42. The van der Waals surface area contributed by atoms with Gasteiger partial charge in [0.1, 0.15) is 74.7 Å². The Balaban J connectivity index is 0.000000105. The number of rotatable bonds is 14. The summed E-state index contributed by atoms with van der Waals surface area (Å²) < 4.78 is 24.4. The van der Waals surface area contributed by atoms with Crippen molar-refractivity contribution in [2.75, 3.05) is 25.0 Å². The second kappa shape index (κ2) is 45.3. The zero-order valence-electron chi connectivity index (χ0n) is 80.7. The number of para-hydroxylation sites is 4. The van der Waals surface area contributed by atoms with Crippen molar-refractivity contribution in [1.82, 2.24) is 0 Å². The molecule has 0 spiro atoms. The van der Waals surface area contributed by atoms with E-state index in [1.807, 2.05) is 249 Å². The molecule has 26 rings (SSSR count). The van der Waals surface area contributed by atoms with Gasteiger partial charge in [0.05, 0.1) is 58.8 Å². The average Bonchev–Trinajstić information content (AvgIpc) is 1.17. The molecule has 9 nitrogen and oxygen atoms in total. The minimum Gasteiger partial charge on any atom is -0.456 e. The Bertz CT molecular complexity index is 8970. The van der Waals surface area contributed by atoms with Crippen molar-refractivity contribution in [3.8, 4) is 0 Å². The molecular weight excluding hydrogens is 1990 g/mol. The molecule has 6 heterocycles. The van der Waals surface area contributed by atoms with Gasteiger partial charge in [-0.3, -0.25) is 28.8 Å². The molecule has 0 aliphatic rings. The third-order valence-electron chi connectivity index (χ3n) is 25.0. The second-order valence-electron chi connectivity index (χ2n) is 34.8. The van der Waals surface area contributed by atoms with Gasteiger partial charge in [-0.1, -0.05) is 231 Å². The Labute approximate surface area is 883 Å². The molecule has 0 N–H and O–H groups in total. The maximum atomic E-state index is 13.1. The summed E-state index contributed by atoms with van der Waals surface area (Å²) >= 11 is 5.09. The molecule has 0 radical (unpaired) electrons. The van der Waals surface area contributed by atoms with Crippen LogP contribution in [0.2, 0.25) is 0 Å². The van der Waals surface area contributed by atoms with Crippen LogP contribution >= 0.6 is 34.0 Å². The topological polar surface area (TPSA) is 142 Å². The molecule has 0 aliphatic carbocycles. The van der Waals surface area contributed by atoms with Crippen molar-refractivity contribution in [3.63, 3.8) is 0 Å². The molecule has 0 saturated carbocycles. The molecule has 0 fully saturated rings. The molecular formula is C130H94O9S9+6. The van der Waals surface area contributed by atoms with Crippen LogP contribution in [0, 0.1) is 0 Å². The maximum Gasteiger partial charge on any atom is 0.209 e. The van der Waals surface area contributed by atoms with Crippen LogP contribution in [0.15, 0.2) is 608 Å². The highest BCUT2D eigenvalue weighted by Gasteiger charge is 2.36. The smallest absolute Gasteiger partial charge is 0.209 e. The molecule has 148 heavy (non-hydrogen) atoms. The molecule has 18 heteroatoms. The largest absolute Gasteiger partial charge is 0.456 e. The van der Waals surface area contributed by atoms with Gasteiger partial charge in [0.25, 0.3) is 0 Å². The van der Waals surface area contributed by atoms with Crippen LogP contribution in [-0.4, -0.2) is 25.0 Å². The fourth-order valence-electron chi connectivity index (χ4n) is 17.9. The Hall–Kier alpha value is -15.4. The van der Waals surface area contributed by atoms with E-state index in [4.69, 9.17) is 13.3 Å². The Morgan fingerprint density at radius 3 is 0.777 bits per heavy atom. The van der Waals surface area contributed by atoms with Gasteiger partial charge in [0.2, 0.25) is 21.2 Å². The van der Waals surface area contributed by atoms with Gasteiger partial charge in [-0.25, -0.2) is 0 Å². The zero-order chi connectivity index (χ0) is 101. The first kappa shape index (κ1) is 98.6. The van der Waals surface area contributed by atoms with Crippen LogP contribution in [0.5, 0.6) is 0 Å². The first-order valence-corrected chi connectivity index (χ1v) is 59.3. The van der Waals surface area contributed by atoms with Crippen LogP contribution in [0.4, 0.5) is 0 Å². The predicted molar refractivity (Wildman–Crippen MR) is 632 cm³/mol. The van der Waals surface area contributed by atoms with Crippen molar-refractivity contribution >= 4 is 226 Å². The van der Waals surface area contributed by atoms with Crippen molar-refractivity contribution in [2.24, 2.45) is 0 Å². The van der Waals surface area contributed by atoms with E-state index in [1.165, 1.54) is 58.7 Å². The lowest BCUT2D eigenvalue weighted by Gasteiger charge is -2.10. The van der Waals surface area contributed by atoms with Crippen molar-refractivity contribution in [3.05, 3.63) is 559 Å². The molecule has 0 aliphatic heterocycles. The predicted octanol–water partition coefficient (Wildman–Crippen LogP) is 31.9. The van der Waals surface area contributed by atoms with Crippen LogP contribution in [-0.2, 0) is 65.4 Å². The van der Waals surface area contributed by atoms with Crippen LogP contribution in [0.25, 0.3) is 126 Å². The maximum absolute atomic E-state index is 13.1. The van der Waals surface area contributed by atoms with Crippen molar-refractivity contribution < 1.29 is 13.3 Å². The van der Waals surface area contributed by atoms with Gasteiger partial charge in [-0.05, 0) is 243 Å². The number of benzene rings is 20. The normalized spacial score (nSPS) is 11.4. The summed E-state index contributed by atoms with van der Waals surface area (Å²) in [6.45, 7) is 0. The van der Waals surface area contributed by atoms with Crippen LogP contribution < -0.4 is 32.6 Å².